The Kier molecular flexibility index (Phi) is 7.38. The van der Waals surface area contributed by atoms with Crippen molar-refractivity contribution in [3.63, 3.8) is 0 Å². The highest BCUT2D eigenvalue weighted by atomic mass is 35.5. The summed E-state index contributed by atoms with van der Waals surface area (Å²) in [5.74, 6) is 0.113. The van der Waals surface area contributed by atoms with E-state index < -0.39 is 10.0 Å². The van der Waals surface area contributed by atoms with Gasteiger partial charge in [-0.1, -0.05) is 61.5 Å². The molecule has 2 aromatic rings. The summed E-state index contributed by atoms with van der Waals surface area (Å²) in [5.41, 5.74) is 2.20. The van der Waals surface area contributed by atoms with Gasteiger partial charge in [-0.3, -0.25) is 4.79 Å². The van der Waals surface area contributed by atoms with Crippen molar-refractivity contribution in [3.8, 4) is 5.75 Å². The summed E-state index contributed by atoms with van der Waals surface area (Å²) in [6.45, 7) is 0.623. The number of carbonyl (C=O) groups is 1. The van der Waals surface area contributed by atoms with Gasteiger partial charge in [0.15, 0.2) is 6.61 Å². The molecule has 2 aliphatic rings. The number of hydrogen-bond donors (Lipinski definition) is 1. The minimum Gasteiger partial charge on any atom is -0.482 e. The Hall–Kier alpha value is -2.09. The van der Waals surface area contributed by atoms with E-state index in [0.29, 0.717) is 25.3 Å². The molecule has 0 saturated heterocycles. The van der Waals surface area contributed by atoms with Crippen molar-refractivity contribution < 1.29 is 17.9 Å². The highest BCUT2D eigenvalue weighted by molar-refractivity contribution is 7.89. The molecule has 1 N–H and O–H groups in total. The van der Waals surface area contributed by atoms with Crippen LogP contribution >= 0.6 is 11.6 Å². The third-order valence-corrected chi connectivity index (χ3v) is 8.35. The molecule has 8 heteroatoms. The van der Waals surface area contributed by atoms with Crippen molar-refractivity contribution in [3.05, 3.63) is 58.6 Å². The maximum absolute atomic E-state index is 13.1. The lowest BCUT2D eigenvalue weighted by Gasteiger charge is -2.28. The van der Waals surface area contributed by atoms with Crippen molar-refractivity contribution in [2.45, 2.75) is 62.4 Å². The number of nitrogens with one attached hydrogen (secondary N) is 1. The number of sulfonamides is 1. The van der Waals surface area contributed by atoms with Crippen LogP contribution in [0.4, 0.5) is 0 Å². The zero-order chi connectivity index (χ0) is 22.6. The molecular formula is C24H29ClN2O4S. The van der Waals surface area contributed by atoms with Crippen LogP contribution in [0.3, 0.4) is 0 Å². The number of fused-ring (bicyclic) bond motifs is 1. The second kappa shape index (κ2) is 10.2. The van der Waals surface area contributed by atoms with Crippen molar-refractivity contribution >= 4 is 27.5 Å². The maximum Gasteiger partial charge on any atom is 0.258 e. The number of benzene rings is 2. The first-order valence-corrected chi connectivity index (χ1v) is 13.0. The normalized spacial score (nSPS) is 17.9. The molecule has 172 valence electrons. The largest absolute Gasteiger partial charge is 0.482 e. The predicted octanol–water partition coefficient (Wildman–Crippen LogP) is 4.30. The Labute approximate surface area is 195 Å². The van der Waals surface area contributed by atoms with Gasteiger partial charge in [-0.2, -0.15) is 4.31 Å². The lowest BCUT2D eigenvalue weighted by atomic mass is 10.0. The van der Waals surface area contributed by atoms with Gasteiger partial charge in [0, 0.05) is 19.1 Å². The smallest absolute Gasteiger partial charge is 0.258 e. The molecule has 1 aliphatic heterocycles. The molecule has 1 fully saturated rings. The van der Waals surface area contributed by atoms with Crippen molar-refractivity contribution in [2.24, 2.45) is 0 Å². The SMILES string of the molecule is O=C(COc1ccc(S(=O)(=O)N2CCc3ccccc3C2)cc1Cl)NC1CCCCCC1. The van der Waals surface area contributed by atoms with Gasteiger partial charge >= 0.3 is 0 Å². The first kappa shape index (κ1) is 23.1. The lowest BCUT2D eigenvalue weighted by Crippen LogP contribution is -2.37. The number of amides is 1. The predicted molar refractivity (Wildman–Crippen MR) is 124 cm³/mol. The molecule has 0 spiro atoms. The zero-order valence-electron chi connectivity index (χ0n) is 18.1. The summed E-state index contributed by atoms with van der Waals surface area (Å²) in [4.78, 5) is 12.4. The minimum absolute atomic E-state index is 0.122. The van der Waals surface area contributed by atoms with Gasteiger partial charge in [0.1, 0.15) is 5.75 Å². The third kappa shape index (κ3) is 5.45. The second-order valence-corrected chi connectivity index (χ2v) is 10.8. The fraction of sp³-hybridized carbons (Fsp3) is 0.458. The van der Waals surface area contributed by atoms with E-state index in [-0.39, 0.29) is 28.5 Å². The molecule has 1 saturated carbocycles. The van der Waals surface area contributed by atoms with Crippen LogP contribution in [0.25, 0.3) is 0 Å². The third-order valence-electron chi connectivity index (χ3n) is 6.22. The molecule has 32 heavy (non-hydrogen) atoms. The van der Waals surface area contributed by atoms with Gasteiger partial charge in [-0.15, -0.1) is 0 Å². The van der Waals surface area contributed by atoms with Gasteiger partial charge in [-0.25, -0.2) is 8.42 Å². The van der Waals surface area contributed by atoms with Gasteiger partial charge < -0.3 is 10.1 Å². The van der Waals surface area contributed by atoms with Gasteiger partial charge in [0.25, 0.3) is 5.91 Å². The van der Waals surface area contributed by atoms with E-state index in [1.807, 2.05) is 24.3 Å². The standard InChI is InChI=1S/C24H29ClN2O4S/c25-22-15-21(32(29,30)27-14-13-18-7-5-6-8-19(18)16-27)11-12-23(22)31-17-24(28)26-20-9-3-1-2-4-10-20/h5-8,11-12,15,20H,1-4,9-10,13-14,16-17H2,(H,26,28). The fourth-order valence-electron chi connectivity index (χ4n) is 4.42. The highest BCUT2D eigenvalue weighted by Crippen LogP contribution is 2.31. The van der Waals surface area contributed by atoms with Crippen molar-refractivity contribution in [1.29, 1.82) is 0 Å². The molecule has 1 aliphatic carbocycles. The molecule has 0 radical (unpaired) electrons. The summed E-state index contributed by atoms with van der Waals surface area (Å²) in [6.07, 6.45) is 7.39. The second-order valence-electron chi connectivity index (χ2n) is 8.49. The van der Waals surface area contributed by atoms with Crippen LogP contribution in [0.1, 0.15) is 49.7 Å². The van der Waals surface area contributed by atoms with Crippen LogP contribution < -0.4 is 10.1 Å². The molecule has 0 atom stereocenters. The lowest BCUT2D eigenvalue weighted by molar-refractivity contribution is -0.123. The number of halogens is 1. The molecule has 1 amide bonds. The number of carbonyl (C=O) groups excluding carboxylic acids is 1. The first-order valence-electron chi connectivity index (χ1n) is 11.2. The van der Waals surface area contributed by atoms with Gasteiger partial charge in [0.05, 0.1) is 9.92 Å². The summed E-state index contributed by atoms with van der Waals surface area (Å²) in [5, 5.41) is 3.20. The quantitative estimate of drug-likeness (QED) is 0.630. The molecule has 0 aromatic heterocycles. The molecular weight excluding hydrogens is 448 g/mol. The van der Waals surface area contributed by atoms with E-state index >= 15 is 0 Å². The van der Waals surface area contributed by atoms with E-state index in [4.69, 9.17) is 16.3 Å². The van der Waals surface area contributed by atoms with Crippen LogP contribution in [0.5, 0.6) is 5.75 Å². The van der Waals surface area contributed by atoms with Crippen molar-refractivity contribution in [2.75, 3.05) is 13.2 Å². The monoisotopic (exact) mass is 476 g/mol. The van der Waals surface area contributed by atoms with E-state index in [0.717, 1.165) is 31.2 Å². The summed E-state index contributed by atoms with van der Waals surface area (Å²) in [7, 11) is -3.68. The number of nitrogens with zero attached hydrogens (tertiary/aromatic N) is 1. The maximum atomic E-state index is 13.1. The summed E-state index contributed by atoms with van der Waals surface area (Å²) in [6, 6.07) is 12.5. The van der Waals surface area contributed by atoms with Crippen molar-refractivity contribution in [1.82, 2.24) is 9.62 Å². The fourth-order valence-corrected chi connectivity index (χ4v) is 6.16. The Morgan fingerprint density at radius 1 is 1.06 bits per heavy atom. The first-order chi connectivity index (χ1) is 15.4. The Morgan fingerprint density at radius 2 is 1.78 bits per heavy atom. The molecule has 6 nitrogen and oxygen atoms in total. The van der Waals surface area contributed by atoms with E-state index in [1.54, 1.807) is 0 Å². The number of rotatable bonds is 6. The van der Waals surface area contributed by atoms with E-state index in [9.17, 15) is 13.2 Å². The molecule has 4 rings (SSSR count). The number of hydrogen-bond acceptors (Lipinski definition) is 4. The van der Waals surface area contributed by atoms with E-state index in [1.165, 1.54) is 40.9 Å². The Morgan fingerprint density at radius 3 is 2.50 bits per heavy atom. The highest BCUT2D eigenvalue weighted by Gasteiger charge is 2.28. The van der Waals surface area contributed by atoms with Crippen LogP contribution in [0.15, 0.2) is 47.4 Å². The topological polar surface area (TPSA) is 75.7 Å². The molecule has 1 heterocycles. The summed E-state index contributed by atoms with van der Waals surface area (Å²) < 4.78 is 33.3. The van der Waals surface area contributed by atoms with Crippen LogP contribution in [-0.2, 0) is 27.8 Å². The van der Waals surface area contributed by atoms with Crippen LogP contribution in [0, 0.1) is 0 Å². The zero-order valence-corrected chi connectivity index (χ0v) is 19.6. The van der Waals surface area contributed by atoms with Gasteiger partial charge in [-0.05, 0) is 48.6 Å². The molecule has 0 unspecified atom stereocenters. The van der Waals surface area contributed by atoms with Crippen LogP contribution in [0.2, 0.25) is 5.02 Å². The minimum atomic E-state index is -3.68. The summed E-state index contributed by atoms with van der Waals surface area (Å²) >= 11 is 6.31. The van der Waals surface area contributed by atoms with Crippen LogP contribution in [-0.4, -0.2) is 37.8 Å². The number of ether oxygens (including phenoxy) is 1. The van der Waals surface area contributed by atoms with Gasteiger partial charge in [0.2, 0.25) is 10.0 Å². The average molecular weight is 477 g/mol. The Balaban J connectivity index is 1.38. The Bertz CT molecular complexity index is 1070. The average Bonchev–Trinajstić information content (AvgIpc) is 3.06. The molecule has 2 aromatic carbocycles. The van der Waals surface area contributed by atoms with E-state index in [2.05, 4.69) is 5.32 Å². The molecule has 0 bridgehead atoms.